The van der Waals surface area contributed by atoms with Crippen molar-refractivity contribution in [1.29, 1.82) is 0 Å². The van der Waals surface area contributed by atoms with E-state index in [-0.39, 0.29) is 30.0 Å². The molecule has 1 saturated carbocycles. The van der Waals surface area contributed by atoms with Crippen LogP contribution < -0.4 is 10.6 Å². The van der Waals surface area contributed by atoms with Gasteiger partial charge in [-0.05, 0) is 66.2 Å². The summed E-state index contributed by atoms with van der Waals surface area (Å²) in [5.41, 5.74) is -0.897. The zero-order valence-corrected chi connectivity index (χ0v) is 22.2. The largest absolute Gasteiger partial charge is 0.444 e. The molecule has 13 heteroatoms. The van der Waals surface area contributed by atoms with Crippen molar-refractivity contribution in [3.63, 3.8) is 0 Å². The van der Waals surface area contributed by atoms with Crippen molar-refractivity contribution >= 4 is 24.2 Å². The normalized spacial score (nSPS) is 22.1. The number of hydrogen-bond acceptors (Lipinski definition) is 9. The summed E-state index contributed by atoms with van der Waals surface area (Å²) in [6, 6.07) is 0.957. The highest BCUT2D eigenvalue weighted by Crippen LogP contribution is 2.61. The van der Waals surface area contributed by atoms with Gasteiger partial charge >= 0.3 is 18.2 Å². The van der Waals surface area contributed by atoms with E-state index in [0.29, 0.717) is 24.4 Å². The number of carbonyl (C=O) groups is 3. The lowest BCUT2D eigenvalue weighted by Crippen LogP contribution is -2.47. The zero-order chi connectivity index (χ0) is 27.2. The Labute approximate surface area is 215 Å². The lowest BCUT2D eigenvalue weighted by Gasteiger charge is -2.35. The number of hydroxylamine groups is 2. The van der Waals surface area contributed by atoms with Crippen LogP contribution >= 0.6 is 0 Å². The molecular weight excluding hydrogens is 484 g/mol. The minimum absolute atomic E-state index is 0.0545. The summed E-state index contributed by atoms with van der Waals surface area (Å²) in [6.07, 6.45) is 1.45. The summed E-state index contributed by atoms with van der Waals surface area (Å²) in [5, 5.41) is 20.2. The number of carbonyl (C=O) groups excluding carboxylic acids is 3. The topological polar surface area (TPSA) is 159 Å². The van der Waals surface area contributed by atoms with E-state index in [0.717, 1.165) is 24.3 Å². The molecule has 2 aliphatic heterocycles. The quantitative estimate of drug-likeness (QED) is 0.310. The molecular formula is C24H36N6O7. The van der Waals surface area contributed by atoms with E-state index in [1.54, 1.807) is 52.5 Å². The second-order valence-corrected chi connectivity index (χ2v) is 11.8. The van der Waals surface area contributed by atoms with E-state index in [1.165, 1.54) is 0 Å². The van der Waals surface area contributed by atoms with Crippen LogP contribution in [0.4, 0.5) is 14.4 Å². The van der Waals surface area contributed by atoms with E-state index >= 15 is 0 Å². The number of ether oxygens (including phenoxy) is 2. The number of urea groups is 1. The molecule has 2 bridgehead atoms. The number of hydrogen-bond donors (Lipinski definition) is 3. The molecule has 13 nitrogen and oxygen atoms in total. The molecule has 3 N–H and O–H groups in total. The third-order valence-corrected chi connectivity index (χ3v) is 6.47. The van der Waals surface area contributed by atoms with Gasteiger partial charge in [0.25, 0.3) is 0 Å². The van der Waals surface area contributed by atoms with Crippen LogP contribution in [0.5, 0.6) is 0 Å². The van der Waals surface area contributed by atoms with Gasteiger partial charge in [-0.15, -0.1) is 0 Å². The Bertz CT molecular complexity index is 1050. The first-order valence-corrected chi connectivity index (χ1v) is 12.4. The summed E-state index contributed by atoms with van der Waals surface area (Å²) in [5.74, 6) is 0.412. The van der Waals surface area contributed by atoms with Crippen molar-refractivity contribution in [2.24, 2.45) is 10.4 Å². The van der Waals surface area contributed by atoms with Crippen LogP contribution in [0.25, 0.3) is 0 Å². The molecule has 3 aliphatic rings. The standard InChI is InChI=1S/C24H36N6O7/c1-22(2,3)35-19(31)26-18(27-20(32)36-23(4,5)6)25-10-7-14-11-15(28-37-14)16-12-24(8-9-24)17-13-29(16)21(33)30(17)34/h11,16-17,34H,7-10,12-13H2,1-6H3,(H2,25,26,27,31,32)/t16-,17+/m0/s1. The fourth-order valence-electron chi connectivity index (χ4n) is 4.71. The number of amides is 4. The first kappa shape index (κ1) is 26.7. The predicted molar refractivity (Wildman–Crippen MR) is 130 cm³/mol. The highest BCUT2D eigenvalue weighted by Gasteiger charge is 2.63. The van der Waals surface area contributed by atoms with Crippen molar-refractivity contribution < 1.29 is 33.6 Å². The molecule has 2 atom stereocenters. The van der Waals surface area contributed by atoms with Gasteiger partial charge in [-0.3, -0.25) is 20.8 Å². The number of piperidine rings is 1. The van der Waals surface area contributed by atoms with Crippen molar-refractivity contribution in [3.8, 4) is 0 Å². The van der Waals surface area contributed by atoms with E-state index in [2.05, 4.69) is 20.8 Å². The fourth-order valence-corrected chi connectivity index (χ4v) is 4.71. The summed E-state index contributed by atoms with van der Waals surface area (Å²) in [4.78, 5) is 42.9. The van der Waals surface area contributed by atoms with E-state index in [9.17, 15) is 19.6 Å². The maximum absolute atomic E-state index is 12.5. The van der Waals surface area contributed by atoms with Crippen molar-refractivity contribution in [2.45, 2.75) is 90.5 Å². The van der Waals surface area contributed by atoms with Gasteiger partial charge in [0.2, 0.25) is 5.96 Å². The Morgan fingerprint density at radius 3 is 2.30 bits per heavy atom. The summed E-state index contributed by atoms with van der Waals surface area (Å²) < 4.78 is 16.0. The Morgan fingerprint density at radius 2 is 1.76 bits per heavy atom. The number of guanidine groups is 1. The van der Waals surface area contributed by atoms with Gasteiger partial charge in [0.1, 0.15) is 22.7 Å². The van der Waals surface area contributed by atoms with Gasteiger partial charge in [-0.1, -0.05) is 5.16 Å². The summed E-state index contributed by atoms with van der Waals surface area (Å²) in [7, 11) is 0. The monoisotopic (exact) mass is 520 g/mol. The molecule has 3 fully saturated rings. The van der Waals surface area contributed by atoms with Crippen LogP contribution in [0.2, 0.25) is 0 Å². The van der Waals surface area contributed by atoms with Crippen LogP contribution in [0.3, 0.4) is 0 Å². The molecule has 37 heavy (non-hydrogen) atoms. The van der Waals surface area contributed by atoms with Crippen molar-refractivity contribution in [3.05, 3.63) is 17.5 Å². The molecule has 3 heterocycles. The Kier molecular flexibility index (Phi) is 6.86. The highest BCUT2D eigenvalue weighted by atomic mass is 16.6. The second-order valence-electron chi connectivity index (χ2n) is 11.8. The third-order valence-electron chi connectivity index (χ3n) is 6.47. The summed E-state index contributed by atoms with van der Waals surface area (Å²) >= 11 is 0. The first-order chi connectivity index (χ1) is 17.2. The molecule has 0 aromatic carbocycles. The van der Waals surface area contributed by atoms with E-state index in [4.69, 9.17) is 14.0 Å². The highest BCUT2D eigenvalue weighted by molar-refractivity contribution is 6.01. The zero-order valence-electron chi connectivity index (χ0n) is 22.2. The maximum atomic E-state index is 12.5. The van der Waals surface area contributed by atoms with Crippen molar-refractivity contribution in [2.75, 3.05) is 13.1 Å². The lowest BCUT2D eigenvalue weighted by atomic mass is 9.84. The van der Waals surface area contributed by atoms with Crippen LogP contribution in [-0.2, 0) is 15.9 Å². The number of aliphatic imine (C=N–C) groups is 1. The molecule has 1 spiro atoms. The molecule has 0 unspecified atom stereocenters. The molecule has 204 valence electrons. The van der Waals surface area contributed by atoms with Gasteiger partial charge < -0.3 is 18.9 Å². The van der Waals surface area contributed by atoms with Gasteiger partial charge in [-0.25, -0.2) is 19.4 Å². The molecule has 4 amide bonds. The molecule has 2 saturated heterocycles. The lowest BCUT2D eigenvalue weighted by molar-refractivity contribution is -0.0782. The maximum Gasteiger partial charge on any atom is 0.414 e. The van der Waals surface area contributed by atoms with Crippen molar-refractivity contribution in [1.82, 2.24) is 25.8 Å². The average molecular weight is 521 g/mol. The Balaban J connectivity index is 1.40. The summed E-state index contributed by atoms with van der Waals surface area (Å²) in [6.45, 7) is 10.9. The number of rotatable bonds is 4. The van der Waals surface area contributed by atoms with Crippen LogP contribution in [0.1, 0.15) is 78.3 Å². The number of aromatic nitrogens is 1. The van der Waals surface area contributed by atoms with Crippen LogP contribution in [0, 0.1) is 5.41 Å². The van der Waals surface area contributed by atoms with Crippen LogP contribution in [0.15, 0.2) is 15.6 Å². The Morgan fingerprint density at radius 1 is 1.16 bits per heavy atom. The minimum Gasteiger partial charge on any atom is -0.444 e. The first-order valence-electron chi connectivity index (χ1n) is 12.4. The fraction of sp³-hybridized carbons (Fsp3) is 0.708. The van der Waals surface area contributed by atoms with Gasteiger partial charge in [0.15, 0.2) is 0 Å². The van der Waals surface area contributed by atoms with E-state index < -0.39 is 29.4 Å². The molecule has 1 aliphatic carbocycles. The third kappa shape index (κ3) is 6.32. The van der Waals surface area contributed by atoms with Crippen LogP contribution in [-0.4, -0.2) is 74.8 Å². The average Bonchev–Trinajstić information content (AvgIpc) is 3.25. The smallest absolute Gasteiger partial charge is 0.414 e. The molecule has 4 rings (SSSR count). The predicted octanol–water partition coefficient (Wildman–Crippen LogP) is 3.34. The number of fused-ring (bicyclic) bond motifs is 3. The van der Waals surface area contributed by atoms with E-state index in [1.807, 2.05) is 0 Å². The Hall–Kier alpha value is -3.35. The molecule has 1 aromatic heterocycles. The molecule has 1 aromatic rings. The molecule has 0 radical (unpaired) electrons. The number of nitrogens with one attached hydrogen (secondary N) is 2. The van der Waals surface area contributed by atoms with Gasteiger partial charge in [0, 0.05) is 25.6 Å². The van der Waals surface area contributed by atoms with Gasteiger partial charge in [0.05, 0.1) is 12.1 Å². The second kappa shape index (κ2) is 9.51. The number of alkyl carbamates (subject to hydrolysis) is 2. The van der Waals surface area contributed by atoms with Gasteiger partial charge in [-0.2, -0.15) is 0 Å². The SMILES string of the molecule is CC(C)(C)OC(=O)NC(=NCCc1cc([C@@H]2CC3(CC3)[C@H]3CN2C(=O)N3O)no1)NC(=O)OC(C)(C)C. The number of nitrogens with zero attached hydrogens (tertiary/aromatic N) is 4. The minimum atomic E-state index is -0.776.